The second-order valence-electron chi connectivity index (χ2n) is 20.3. The standard InChI is InChI=1S/C29H24O12.C15H14O7.C15H14O6/c30-10-3-17(32)15-8-20(35)28(40-22(15)5-10)13-2-1-12-14(7-19(34)26(38)24(12)27(39)25(13)37)29-21(36)9-16-18(33)4-11(31)6-23(16)41-29;16-7-3-9(17)8-5-12(20)15(22-13(8)4-7)6-1-10(18)14(21)11(19)2-6;16-8-4-11(18)9-6-13(20)15(21-14(9)5-8)7-1-2-10(17)12(19)3-7/h1-7,20-21,28-36,38H,8-9H2,(H,37,39);1-4,12,15-21H,5H2;1-5,13,15-20H,6H2/t20-,21-,28?,29?;12-,15-;13-,15-/m111/s1. The minimum absolute atomic E-state index is 0.0192. The van der Waals surface area contributed by atoms with E-state index < -0.39 is 94.1 Å². The van der Waals surface area contributed by atoms with Crippen LogP contribution in [0, 0.1) is 0 Å². The Hall–Kier alpha value is -10.5. The number of aliphatic hydroxyl groups excluding tert-OH is 4. The van der Waals surface area contributed by atoms with Crippen LogP contribution in [0.3, 0.4) is 0 Å². The molecule has 20 N–H and O–H groups in total. The Kier molecular flexibility index (Phi) is 14.7. The van der Waals surface area contributed by atoms with E-state index in [0.717, 1.165) is 36.4 Å². The maximum absolute atomic E-state index is 13.5. The summed E-state index contributed by atoms with van der Waals surface area (Å²) in [5.41, 5.74) is 0.658. The maximum atomic E-state index is 13.5. The molecule has 0 aromatic heterocycles. The second kappa shape index (κ2) is 21.8. The van der Waals surface area contributed by atoms with Gasteiger partial charge in [0.25, 0.3) is 0 Å². The quantitative estimate of drug-likeness (QED) is 0.103. The van der Waals surface area contributed by atoms with Crippen LogP contribution in [0.5, 0.6) is 115 Å². The van der Waals surface area contributed by atoms with Crippen LogP contribution >= 0.6 is 0 Å². The van der Waals surface area contributed by atoms with Gasteiger partial charge in [0.05, 0.1) is 29.8 Å². The van der Waals surface area contributed by atoms with Gasteiger partial charge in [-0.05, 0) is 41.3 Å². The summed E-state index contributed by atoms with van der Waals surface area (Å²) in [5.74, 6) is -6.18. The third-order valence-electron chi connectivity index (χ3n) is 14.6. The zero-order chi connectivity index (χ0) is 60.5. The van der Waals surface area contributed by atoms with Crippen LogP contribution < -0.4 is 24.4 Å². The number of ether oxygens (including phenoxy) is 4. The molecular formula is C59H52O25. The van der Waals surface area contributed by atoms with E-state index in [4.69, 9.17) is 18.9 Å². The van der Waals surface area contributed by atoms with Crippen molar-refractivity contribution in [3.05, 3.63) is 152 Å². The van der Waals surface area contributed by atoms with Crippen LogP contribution in [0.15, 0.2) is 102 Å². The first-order chi connectivity index (χ1) is 39.8. The molecule has 0 saturated heterocycles. The lowest BCUT2D eigenvalue weighted by atomic mass is 9.91. The van der Waals surface area contributed by atoms with Gasteiger partial charge >= 0.3 is 0 Å². The van der Waals surface area contributed by atoms with E-state index in [1.165, 1.54) is 60.7 Å². The lowest BCUT2D eigenvalue weighted by Gasteiger charge is -2.32. The average molecular weight is 1160 g/mol. The van der Waals surface area contributed by atoms with E-state index in [2.05, 4.69) is 0 Å². The third kappa shape index (κ3) is 10.6. The molecule has 438 valence electrons. The molecule has 12 rings (SSSR count). The van der Waals surface area contributed by atoms with Crippen molar-refractivity contribution >= 4 is 10.8 Å². The Labute approximate surface area is 471 Å². The topological polar surface area (TPSA) is 459 Å². The van der Waals surface area contributed by atoms with Crippen LogP contribution in [-0.4, -0.2) is 127 Å². The van der Waals surface area contributed by atoms with Gasteiger partial charge in [0, 0.05) is 113 Å². The van der Waals surface area contributed by atoms with E-state index >= 15 is 0 Å². The summed E-state index contributed by atoms with van der Waals surface area (Å²) in [6, 6.07) is 19.7. The monoisotopic (exact) mass is 1160 g/mol. The van der Waals surface area contributed by atoms with Crippen molar-refractivity contribution in [2.45, 2.75) is 74.5 Å². The Morgan fingerprint density at radius 3 is 1.08 bits per heavy atom. The molecule has 0 saturated carbocycles. The highest BCUT2D eigenvalue weighted by molar-refractivity contribution is 5.94. The van der Waals surface area contributed by atoms with Gasteiger partial charge in [-0.1, -0.05) is 18.2 Å². The molecule has 0 fully saturated rings. The molecule has 25 heteroatoms. The molecule has 25 nitrogen and oxygen atoms in total. The SMILES string of the molecule is O=c1c(O)c(C2Oc3cc(O)cc(O)c3C[C@H]2O)ccc2c(C3Oc4cc(O)cc(O)c4C[C@H]3O)cc(O)c(O)c12.Oc1cc(O)c2c(c1)O[C@H](c1cc(O)c(O)c(O)c1)[C@H](O)C2.Oc1cc(O)c2c(c1)O[C@H](c1ccc(O)c(O)c1)[C@H](O)C2. The normalized spacial score (nSPS) is 20.9. The fourth-order valence-corrected chi connectivity index (χ4v) is 10.5. The number of phenolic OH excluding ortho intramolecular Hbond substituents is 15. The third-order valence-corrected chi connectivity index (χ3v) is 14.6. The Bertz CT molecular complexity index is 3970. The first-order valence-electron chi connectivity index (χ1n) is 25.4. The molecule has 4 aliphatic heterocycles. The summed E-state index contributed by atoms with van der Waals surface area (Å²) in [4.78, 5) is 13.5. The number of rotatable bonds is 4. The summed E-state index contributed by atoms with van der Waals surface area (Å²) < 4.78 is 22.9. The summed E-state index contributed by atoms with van der Waals surface area (Å²) >= 11 is 0. The van der Waals surface area contributed by atoms with Gasteiger partial charge in [0.1, 0.15) is 75.1 Å². The number of phenols is 15. The fourth-order valence-electron chi connectivity index (χ4n) is 10.5. The van der Waals surface area contributed by atoms with E-state index in [0.29, 0.717) is 16.7 Å². The Morgan fingerprint density at radius 2 is 0.667 bits per heavy atom. The first-order valence-corrected chi connectivity index (χ1v) is 25.4. The number of hydrogen-bond donors (Lipinski definition) is 20. The van der Waals surface area contributed by atoms with Crippen LogP contribution in [0.4, 0.5) is 0 Å². The number of fused-ring (bicyclic) bond motifs is 5. The molecule has 0 radical (unpaired) electrons. The molecule has 8 atom stereocenters. The minimum atomic E-state index is -1.35. The van der Waals surface area contributed by atoms with Gasteiger partial charge in [-0.25, -0.2) is 0 Å². The number of aliphatic hydroxyl groups is 4. The highest BCUT2D eigenvalue weighted by Crippen LogP contribution is 2.50. The van der Waals surface area contributed by atoms with Gasteiger partial charge in [0.15, 0.2) is 64.3 Å². The number of hydrogen-bond acceptors (Lipinski definition) is 25. The number of aromatic hydroxyl groups is 16. The largest absolute Gasteiger partial charge is 0.508 e. The van der Waals surface area contributed by atoms with Gasteiger partial charge in [-0.2, -0.15) is 0 Å². The minimum Gasteiger partial charge on any atom is -0.508 e. The molecular weight excluding hydrogens is 1110 g/mol. The lowest BCUT2D eigenvalue weighted by molar-refractivity contribution is 0.0185. The van der Waals surface area contributed by atoms with Crippen molar-refractivity contribution in [1.82, 2.24) is 0 Å². The molecule has 8 aromatic rings. The van der Waals surface area contributed by atoms with Gasteiger partial charge in [-0.15, -0.1) is 0 Å². The van der Waals surface area contributed by atoms with Crippen molar-refractivity contribution in [3.63, 3.8) is 0 Å². The maximum Gasteiger partial charge on any atom is 0.232 e. The summed E-state index contributed by atoms with van der Waals surface area (Å²) in [7, 11) is 0. The molecule has 4 heterocycles. The summed E-state index contributed by atoms with van der Waals surface area (Å²) in [5, 5.41) is 200. The molecule has 2 unspecified atom stereocenters. The highest BCUT2D eigenvalue weighted by Gasteiger charge is 2.39. The first kappa shape index (κ1) is 56.8. The highest BCUT2D eigenvalue weighted by atomic mass is 16.5. The van der Waals surface area contributed by atoms with Gasteiger partial charge in [-0.3, -0.25) is 4.79 Å². The zero-order valence-corrected chi connectivity index (χ0v) is 43.2. The van der Waals surface area contributed by atoms with E-state index in [1.54, 1.807) is 0 Å². The predicted molar refractivity (Wildman–Crippen MR) is 288 cm³/mol. The van der Waals surface area contributed by atoms with E-state index in [-0.39, 0.29) is 139 Å². The second-order valence-corrected chi connectivity index (χ2v) is 20.3. The van der Waals surface area contributed by atoms with Crippen LogP contribution in [-0.2, 0) is 25.7 Å². The van der Waals surface area contributed by atoms with Gasteiger partial charge < -0.3 is 121 Å². The van der Waals surface area contributed by atoms with Crippen molar-refractivity contribution in [2.75, 3.05) is 0 Å². The Morgan fingerprint density at radius 1 is 0.310 bits per heavy atom. The summed E-state index contributed by atoms with van der Waals surface area (Å²) in [6.45, 7) is 0. The average Bonchev–Trinajstić information content (AvgIpc) is 2.84. The lowest BCUT2D eigenvalue weighted by Crippen LogP contribution is -2.30. The molecule has 0 bridgehead atoms. The Balaban J connectivity index is 0.000000154. The molecule has 0 aliphatic carbocycles. The molecule has 0 spiro atoms. The van der Waals surface area contributed by atoms with Crippen molar-refractivity contribution in [2.24, 2.45) is 0 Å². The van der Waals surface area contributed by atoms with Crippen molar-refractivity contribution in [1.29, 1.82) is 0 Å². The number of benzene rings is 7. The predicted octanol–water partition coefficient (Wildman–Crippen LogP) is 5.01. The van der Waals surface area contributed by atoms with Crippen molar-refractivity contribution in [3.8, 4) is 115 Å². The van der Waals surface area contributed by atoms with Crippen LogP contribution in [0.25, 0.3) is 10.8 Å². The summed E-state index contributed by atoms with van der Waals surface area (Å²) in [6.07, 6.45) is -8.99. The van der Waals surface area contributed by atoms with E-state index in [9.17, 15) is 107 Å². The fraction of sp³-hybridized carbons (Fsp3) is 0.203. The molecule has 4 aliphatic rings. The van der Waals surface area contributed by atoms with Gasteiger partial charge in [0.2, 0.25) is 5.43 Å². The molecule has 0 amide bonds. The van der Waals surface area contributed by atoms with Crippen LogP contribution in [0.1, 0.15) is 68.9 Å². The zero-order valence-electron chi connectivity index (χ0n) is 43.2. The molecule has 84 heavy (non-hydrogen) atoms. The van der Waals surface area contributed by atoms with E-state index in [1.807, 2.05) is 0 Å². The van der Waals surface area contributed by atoms with Crippen molar-refractivity contribution < 1.29 is 121 Å². The van der Waals surface area contributed by atoms with Crippen LogP contribution in [0.2, 0.25) is 0 Å². The molecule has 8 aromatic carbocycles. The smallest absolute Gasteiger partial charge is 0.232 e.